The molecule has 1 aromatic carbocycles. The molecule has 2 rings (SSSR count). The first-order valence-corrected chi connectivity index (χ1v) is 4.81. The topological polar surface area (TPSA) is 24.4 Å². The van der Waals surface area contributed by atoms with Gasteiger partial charge in [-0.15, -0.1) is 0 Å². The van der Waals surface area contributed by atoms with Crippen LogP contribution in [0, 0.1) is 0 Å². The molecule has 72 valence electrons. The van der Waals surface area contributed by atoms with Crippen LogP contribution in [0.2, 0.25) is 0 Å². The summed E-state index contributed by atoms with van der Waals surface area (Å²) in [5.41, 5.74) is 4.25. The summed E-state index contributed by atoms with van der Waals surface area (Å²) >= 11 is 0. The van der Waals surface area contributed by atoms with Gasteiger partial charge in [0.05, 0.1) is 17.6 Å². The predicted molar refractivity (Wildman–Crippen MR) is 61.4 cm³/mol. The van der Waals surface area contributed by atoms with E-state index in [2.05, 4.69) is 36.8 Å². The van der Waals surface area contributed by atoms with Crippen molar-refractivity contribution in [2.45, 2.75) is 19.8 Å². The zero-order valence-electron chi connectivity index (χ0n) is 8.54. The van der Waals surface area contributed by atoms with Crippen LogP contribution in [0.25, 0.3) is 0 Å². The molecule has 0 aromatic heterocycles. The summed E-state index contributed by atoms with van der Waals surface area (Å²) in [6, 6.07) is 6.18. The van der Waals surface area contributed by atoms with Crippen molar-refractivity contribution in [2.24, 2.45) is 4.99 Å². The van der Waals surface area contributed by atoms with E-state index in [1.165, 1.54) is 5.56 Å². The standard InChI is InChI=1S/C12H14N2/c1-8(2)10-5-4-6-11-12(10)14-9(3)7-13-11/h4-8,14H,3H2,1-2H3. The lowest BCUT2D eigenvalue weighted by Gasteiger charge is -2.19. The molecule has 0 atom stereocenters. The maximum atomic E-state index is 4.33. The monoisotopic (exact) mass is 186 g/mol. The third kappa shape index (κ3) is 1.43. The van der Waals surface area contributed by atoms with Gasteiger partial charge >= 0.3 is 0 Å². The van der Waals surface area contributed by atoms with Gasteiger partial charge in [0.2, 0.25) is 0 Å². The average Bonchev–Trinajstić information content (AvgIpc) is 2.16. The summed E-state index contributed by atoms with van der Waals surface area (Å²) in [6.45, 7) is 8.21. The largest absolute Gasteiger partial charge is 0.353 e. The number of hydrogen-bond acceptors (Lipinski definition) is 2. The lowest BCUT2D eigenvalue weighted by molar-refractivity contribution is 0.868. The van der Waals surface area contributed by atoms with Crippen LogP contribution in [0.3, 0.4) is 0 Å². The second kappa shape index (κ2) is 3.29. The fourth-order valence-corrected chi connectivity index (χ4v) is 1.62. The third-order valence-corrected chi connectivity index (χ3v) is 2.34. The van der Waals surface area contributed by atoms with Gasteiger partial charge in [0, 0.05) is 5.70 Å². The smallest absolute Gasteiger partial charge is 0.0868 e. The Kier molecular flexibility index (Phi) is 2.12. The Labute approximate surface area is 84.4 Å². The van der Waals surface area contributed by atoms with Crippen molar-refractivity contribution in [1.82, 2.24) is 0 Å². The van der Waals surface area contributed by atoms with Crippen LogP contribution in [-0.4, -0.2) is 6.21 Å². The van der Waals surface area contributed by atoms with Gasteiger partial charge in [0.25, 0.3) is 0 Å². The summed E-state index contributed by atoms with van der Waals surface area (Å²) < 4.78 is 0. The van der Waals surface area contributed by atoms with E-state index in [1.807, 2.05) is 12.1 Å². The zero-order chi connectivity index (χ0) is 10.1. The number of nitrogens with zero attached hydrogens (tertiary/aromatic N) is 1. The Morgan fingerprint density at radius 2 is 2.14 bits per heavy atom. The Bertz CT molecular complexity index is 403. The molecule has 0 saturated heterocycles. The minimum atomic E-state index is 0.499. The number of allylic oxidation sites excluding steroid dienone is 1. The number of nitrogens with one attached hydrogen (secondary N) is 1. The molecule has 14 heavy (non-hydrogen) atoms. The summed E-state index contributed by atoms with van der Waals surface area (Å²) in [5.74, 6) is 0.499. The highest BCUT2D eigenvalue weighted by atomic mass is 15.0. The molecule has 1 N–H and O–H groups in total. The molecule has 1 aliphatic heterocycles. The van der Waals surface area contributed by atoms with E-state index in [1.54, 1.807) is 6.21 Å². The molecule has 1 heterocycles. The van der Waals surface area contributed by atoms with Crippen molar-refractivity contribution in [1.29, 1.82) is 0 Å². The molecule has 0 amide bonds. The normalized spacial score (nSPS) is 14.1. The van der Waals surface area contributed by atoms with Crippen molar-refractivity contribution >= 4 is 17.6 Å². The SMILES string of the molecule is C=C1C=Nc2cccc(C(C)C)c2N1. The van der Waals surface area contributed by atoms with Crippen molar-refractivity contribution in [3.05, 3.63) is 36.0 Å². The van der Waals surface area contributed by atoms with Gasteiger partial charge in [-0.25, -0.2) is 0 Å². The average molecular weight is 186 g/mol. The summed E-state index contributed by atoms with van der Waals surface area (Å²) in [6.07, 6.45) is 1.76. The van der Waals surface area contributed by atoms with Gasteiger partial charge in [-0.2, -0.15) is 0 Å². The van der Waals surface area contributed by atoms with Crippen molar-refractivity contribution in [3.8, 4) is 0 Å². The highest BCUT2D eigenvalue weighted by molar-refractivity contribution is 5.92. The van der Waals surface area contributed by atoms with E-state index in [0.29, 0.717) is 5.92 Å². The van der Waals surface area contributed by atoms with Crippen LogP contribution in [0.4, 0.5) is 11.4 Å². The fraction of sp³-hybridized carbons (Fsp3) is 0.250. The molecule has 0 radical (unpaired) electrons. The van der Waals surface area contributed by atoms with E-state index < -0.39 is 0 Å². The van der Waals surface area contributed by atoms with Crippen LogP contribution >= 0.6 is 0 Å². The molecule has 0 unspecified atom stereocenters. The molecule has 0 bridgehead atoms. The van der Waals surface area contributed by atoms with E-state index in [4.69, 9.17) is 0 Å². The first-order valence-electron chi connectivity index (χ1n) is 4.81. The maximum absolute atomic E-state index is 4.33. The van der Waals surface area contributed by atoms with Gasteiger partial charge in [0.15, 0.2) is 0 Å². The summed E-state index contributed by atoms with van der Waals surface area (Å²) in [5, 5.41) is 3.27. The number of benzene rings is 1. The van der Waals surface area contributed by atoms with E-state index in [0.717, 1.165) is 17.1 Å². The molecule has 1 aliphatic rings. The fourth-order valence-electron chi connectivity index (χ4n) is 1.62. The van der Waals surface area contributed by atoms with E-state index >= 15 is 0 Å². The molecule has 2 heteroatoms. The Balaban J connectivity index is 2.56. The van der Waals surface area contributed by atoms with Gasteiger partial charge in [0.1, 0.15) is 0 Å². The molecular weight excluding hydrogens is 172 g/mol. The van der Waals surface area contributed by atoms with Crippen LogP contribution in [0.15, 0.2) is 35.5 Å². The molecule has 0 fully saturated rings. The zero-order valence-corrected chi connectivity index (χ0v) is 8.54. The van der Waals surface area contributed by atoms with Crippen molar-refractivity contribution in [2.75, 3.05) is 5.32 Å². The number of rotatable bonds is 1. The number of aliphatic imine (C=N–C) groups is 1. The number of hydrogen-bond donors (Lipinski definition) is 1. The van der Waals surface area contributed by atoms with Gasteiger partial charge in [-0.05, 0) is 17.5 Å². The maximum Gasteiger partial charge on any atom is 0.0868 e. The molecule has 0 aliphatic carbocycles. The van der Waals surface area contributed by atoms with Gasteiger partial charge in [-0.3, -0.25) is 4.99 Å². The lowest BCUT2D eigenvalue weighted by atomic mass is 9.99. The van der Waals surface area contributed by atoms with Crippen molar-refractivity contribution < 1.29 is 0 Å². The van der Waals surface area contributed by atoms with Gasteiger partial charge in [-0.1, -0.05) is 32.6 Å². The first kappa shape index (κ1) is 9.00. The second-order valence-electron chi connectivity index (χ2n) is 3.80. The highest BCUT2D eigenvalue weighted by Gasteiger charge is 2.13. The lowest BCUT2D eigenvalue weighted by Crippen LogP contribution is -2.07. The molecule has 2 nitrogen and oxygen atoms in total. The van der Waals surface area contributed by atoms with Gasteiger partial charge < -0.3 is 5.32 Å². The van der Waals surface area contributed by atoms with Crippen molar-refractivity contribution in [3.63, 3.8) is 0 Å². The minimum absolute atomic E-state index is 0.499. The Hall–Kier alpha value is -1.57. The summed E-state index contributed by atoms with van der Waals surface area (Å²) in [7, 11) is 0. The summed E-state index contributed by atoms with van der Waals surface area (Å²) in [4.78, 5) is 4.33. The predicted octanol–water partition coefficient (Wildman–Crippen LogP) is 3.45. The van der Waals surface area contributed by atoms with E-state index in [9.17, 15) is 0 Å². The Morgan fingerprint density at radius 3 is 2.86 bits per heavy atom. The molecule has 0 spiro atoms. The number of anilines is 1. The second-order valence-corrected chi connectivity index (χ2v) is 3.80. The quantitative estimate of drug-likeness (QED) is 0.713. The molecular formula is C12H14N2. The minimum Gasteiger partial charge on any atom is -0.353 e. The van der Waals surface area contributed by atoms with Crippen LogP contribution in [0.5, 0.6) is 0 Å². The Morgan fingerprint density at radius 1 is 1.36 bits per heavy atom. The number of fused-ring (bicyclic) bond motifs is 1. The highest BCUT2D eigenvalue weighted by Crippen LogP contribution is 2.35. The third-order valence-electron chi connectivity index (χ3n) is 2.34. The van der Waals surface area contributed by atoms with Crippen LogP contribution in [-0.2, 0) is 0 Å². The first-order chi connectivity index (χ1) is 6.68. The molecule has 0 saturated carbocycles. The van der Waals surface area contributed by atoms with Crippen LogP contribution in [0.1, 0.15) is 25.3 Å². The van der Waals surface area contributed by atoms with Crippen LogP contribution < -0.4 is 5.32 Å². The molecule has 1 aromatic rings. The number of para-hydroxylation sites is 1. The van der Waals surface area contributed by atoms with E-state index in [-0.39, 0.29) is 0 Å².